The van der Waals surface area contributed by atoms with Crippen LogP contribution < -0.4 is 10.2 Å². The third kappa shape index (κ3) is 1.69. The van der Waals surface area contributed by atoms with Crippen molar-refractivity contribution in [1.82, 2.24) is 5.32 Å². The highest BCUT2D eigenvalue weighted by Gasteiger charge is 2.32. The van der Waals surface area contributed by atoms with Gasteiger partial charge in [0, 0.05) is 24.6 Å². The molecule has 1 fully saturated rings. The molecule has 0 radical (unpaired) electrons. The second-order valence-electron chi connectivity index (χ2n) is 4.59. The molecule has 2 heterocycles. The number of hydrogen-bond donors (Lipinski definition) is 1. The molecule has 19 heavy (non-hydrogen) atoms. The van der Waals surface area contributed by atoms with Gasteiger partial charge in [-0.1, -0.05) is 0 Å². The van der Waals surface area contributed by atoms with Crippen LogP contribution in [0, 0.1) is 18.3 Å². The van der Waals surface area contributed by atoms with E-state index in [9.17, 15) is 14.4 Å². The summed E-state index contributed by atoms with van der Waals surface area (Å²) in [4.78, 5) is 36.4. The highest BCUT2D eigenvalue weighted by atomic mass is 16.2. The minimum atomic E-state index is -0.429. The van der Waals surface area contributed by atoms with Gasteiger partial charge < -0.3 is 4.90 Å². The lowest BCUT2D eigenvalue weighted by molar-refractivity contribution is -0.117. The molecule has 1 aromatic carbocycles. The van der Waals surface area contributed by atoms with Crippen LogP contribution in [-0.2, 0) is 4.79 Å². The molecule has 1 saturated heterocycles. The van der Waals surface area contributed by atoms with E-state index in [1.807, 2.05) is 0 Å². The van der Waals surface area contributed by atoms with Crippen molar-refractivity contribution >= 4 is 23.4 Å². The number of nitrogens with one attached hydrogen (secondary N) is 1. The standard InChI is InChI=1S/C14H10N2O3/c1-2-8-5-12(17)16(7-8)9-3-4-10-11(6-9)14(19)15-13(10)18/h1,3-4,6,8H,5,7H2,(H,15,18,19). The van der Waals surface area contributed by atoms with E-state index < -0.39 is 11.8 Å². The van der Waals surface area contributed by atoms with Crippen LogP contribution >= 0.6 is 0 Å². The zero-order chi connectivity index (χ0) is 13.6. The third-order valence-electron chi connectivity index (χ3n) is 3.39. The Labute approximate surface area is 109 Å². The molecule has 1 unspecified atom stereocenters. The van der Waals surface area contributed by atoms with Crippen LogP contribution in [0.25, 0.3) is 0 Å². The van der Waals surface area contributed by atoms with E-state index in [1.54, 1.807) is 23.1 Å². The second kappa shape index (κ2) is 3.95. The molecule has 0 aromatic heterocycles. The van der Waals surface area contributed by atoms with Crippen LogP contribution in [0.4, 0.5) is 5.69 Å². The summed E-state index contributed by atoms with van der Waals surface area (Å²) in [6.45, 7) is 0.448. The number of benzene rings is 1. The van der Waals surface area contributed by atoms with Gasteiger partial charge in [-0.05, 0) is 18.2 Å². The first-order valence-corrected chi connectivity index (χ1v) is 5.86. The fourth-order valence-electron chi connectivity index (χ4n) is 2.39. The lowest BCUT2D eigenvalue weighted by atomic mass is 10.1. The summed E-state index contributed by atoms with van der Waals surface area (Å²) in [6, 6.07) is 4.78. The predicted octanol–water partition coefficient (Wildman–Crippen LogP) is 0.556. The zero-order valence-electron chi connectivity index (χ0n) is 9.97. The lowest BCUT2D eigenvalue weighted by Crippen LogP contribution is -2.24. The molecule has 1 N–H and O–H groups in total. The number of rotatable bonds is 1. The maximum atomic E-state index is 11.9. The number of amides is 3. The summed E-state index contributed by atoms with van der Waals surface area (Å²) in [7, 11) is 0. The summed E-state index contributed by atoms with van der Waals surface area (Å²) in [5.74, 6) is 1.57. The molecule has 1 aromatic rings. The quantitative estimate of drug-likeness (QED) is 0.588. The first kappa shape index (κ1) is 11.5. The molecule has 0 saturated carbocycles. The number of hydrogen-bond acceptors (Lipinski definition) is 3. The zero-order valence-corrected chi connectivity index (χ0v) is 9.97. The van der Waals surface area contributed by atoms with Crippen LogP contribution in [0.3, 0.4) is 0 Å². The van der Waals surface area contributed by atoms with E-state index in [0.717, 1.165) is 0 Å². The van der Waals surface area contributed by atoms with Crippen LogP contribution in [0.15, 0.2) is 18.2 Å². The Morgan fingerprint density at radius 2 is 1.95 bits per heavy atom. The van der Waals surface area contributed by atoms with E-state index in [-0.39, 0.29) is 11.8 Å². The van der Waals surface area contributed by atoms with Crippen molar-refractivity contribution in [2.75, 3.05) is 11.4 Å². The van der Waals surface area contributed by atoms with Crippen LogP contribution in [0.2, 0.25) is 0 Å². The van der Waals surface area contributed by atoms with E-state index in [4.69, 9.17) is 6.42 Å². The number of fused-ring (bicyclic) bond motifs is 1. The van der Waals surface area contributed by atoms with Crippen molar-refractivity contribution < 1.29 is 14.4 Å². The Balaban J connectivity index is 1.98. The maximum absolute atomic E-state index is 11.9. The molecule has 1 atom stereocenters. The van der Waals surface area contributed by atoms with Gasteiger partial charge in [0.15, 0.2) is 0 Å². The van der Waals surface area contributed by atoms with E-state index in [2.05, 4.69) is 11.2 Å². The number of terminal acetylenes is 1. The molecular formula is C14H10N2O3. The fourth-order valence-corrected chi connectivity index (χ4v) is 2.39. The Morgan fingerprint density at radius 1 is 1.21 bits per heavy atom. The molecule has 3 amide bonds. The molecule has 94 valence electrons. The first-order valence-electron chi connectivity index (χ1n) is 5.86. The van der Waals surface area contributed by atoms with Gasteiger partial charge in [0.2, 0.25) is 5.91 Å². The Kier molecular flexibility index (Phi) is 2.39. The van der Waals surface area contributed by atoms with Crippen molar-refractivity contribution in [1.29, 1.82) is 0 Å². The molecule has 5 heteroatoms. The SMILES string of the molecule is C#CC1CC(=O)N(c2ccc3c(c2)C(=O)NC3=O)C1. The molecule has 0 aliphatic carbocycles. The largest absolute Gasteiger partial charge is 0.311 e. The van der Waals surface area contributed by atoms with Crippen LogP contribution in [-0.4, -0.2) is 24.3 Å². The highest BCUT2D eigenvalue weighted by molar-refractivity contribution is 6.22. The molecule has 2 aliphatic rings. The number of carbonyl (C=O) groups excluding carboxylic acids is 3. The highest BCUT2D eigenvalue weighted by Crippen LogP contribution is 2.28. The van der Waals surface area contributed by atoms with Gasteiger partial charge in [-0.25, -0.2) is 0 Å². The third-order valence-corrected chi connectivity index (χ3v) is 3.39. The van der Waals surface area contributed by atoms with Crippen LogP contribution in [0.5, 0.6) is 0 Å². The van der Waals surface area contributed by atoms with Gasteiger partial charge in [-0.3, -0.25) is 19.7 Å². The average Bonchev–Trinajstić information content (AvgIpc) is 2.91. The molecule has 2 aliphatic heterocycles. The molecule has 0 bridgehead atoms. The fraction of sp³-hybridized carbons (Fsp3) is 0.214. The monoisotopic (exact) mass is 254 g/mol. The predicted molar refractivity (Wildman–Crippen MR) is 67.5 cm³/mol. The lowest BCUT2D eigenvalue weighted by Gasteiger charge is -2.16. The van der Waals surface area contributed by atoms with Crippen molar-refractivity contribution in [2.24, 2.45) is 5.92 Å². The van der Waals surface area contributed by atoms with E-state index >= 15 is 0 Å². The molecule has 5 nitrogen and oxygen atoms in total. The normalized spacial score (nSPS) is 21.3. The van der Waals surface area contributed by atoms with Gasteiger partial charge >= 0.3 is 0 Å². The smallest absolute Gasteiger partial charge is 0.259 e. The topological polar surface area (TPSA) is 66.5 Å². The summed E-state index contributed by atoms with van der Waals surface area (Å²) in [6.07, 6.45) is 5.65. The van der Waals surface area contributed by atoms with Crippen LogP contribution in [0.1, 0.15) is 27.1 Å². The minimum Gasteiger partial charge on any atom is -0.311 e. The average molecular weight is 254 g/mol. The van der Waals surface area contributed by atoms with E-state index in [1.165, 1.54) is 0 Å². The molecule has 3 rings (SSSR count). The number of carbonyl (C=O) groups is 3. The maximum Gasteiger partial charge on any atom is 0.259 e. The molecule has 0 spiro atoms. The Hall–Kier alpha value is -2.61. The number of nitrogens with zero attached hydrogens (tertiary/aromatic N) is 1. The Bertz CT molecular complexity index is 657. The van der Waals surface area contributed by atoms with Crippen molar-refractivity contribution in [3.8, 4) is 12.3 Å². The second-order valence-corrected chi connectivity index (χ2v) is 4.59. The van der Waals surface area contributed by atoms with E-state index in [0.29, 0.717) is 29.8 Å². The van der Waals surface area contributed by atoms with Gasteiger partial charge in [-0.15, -0.1) is 12.3 Å². The van der Waals surface area contributed by atoms with Crippen molar-refractivity contribution in [3.63, 3.8) is 0 Å². The summed E-state index contributed by atoms with van der Waals surface area (Å²) < 4.78 is 0. The van der Waals surface area contributed by atoms with Gasteiger partial charge in [-0.2, -0.15) is 0 Å². The number of anilines is 1. The summed E-state index contributed by atoms with van der Waals surface area (Å²) in [5, 5.41) is 2.22. The van der Waals surface area contributed by atoms with Gasteiger partial charge in [0.1, 0.15) is 0 Å². The van der Waals surface area contributed by atoms with Crippen molar-refractivity contribution in [3.05, 3.63) is 29.3 Å². The van der Waals surface area contributed by atoms with Gasteiger partial charge in [0.05, 0.1) is 11.1 Å². The Morgan fingerprint density at radius 3 is 2.63 bits per heavy atom. The molecular weight excluding hydrogens is 244 g/mol. The number of imide groups is 1. The van der Waals surface area contributed by atoms with Crippen molar-refractivity contribution in [2.45, 2.75) is 6.42 Å². The summed E-state index contributed by atoms with van der Waals surface area (Å²) >= 11 is 0. The van der Waals surface area contributed by atoms with Gasteiger partial charge in [0.25, 0.3) is 11.8 Å². The summed E-state index contributed by atoms with van der Waals surface area (Å²) in [5.41, 5.74) is 1.25. The first-order chi connectivity index (χ1) is 9.10. The minimum absolute atomic E-state index is 0.0624.